The van der Waals surface area contributed by atoms with Crippen LogP contribution in [0, 0.1) is 6.92 Å². The standard InChI is InChI=1S/C22H21BrN2O2/c1-14-5-7-15(8-6-14)20(26)9-10-21(27)25-12-11-19-17(13-25)16-3-2-4-18(23)22(16)24-19/h2-8,24H,9-13H2,1H3. The van der Waals surface area contributed by atoms with E-state index >= 15 is 0 Å². The normalized spacial score (nSPS) is 13.6. The number of benzene rings is 2. The summed E-state index contributed by atoms with van der Waals surface area (Å²) in [6.45, 7) is 3.28. The minimum Gasteiger partial charge on any atom is -0.357 e. The minimum atomic E-state index is 0.0251. The summed E-state index contributed by atoms with van der Waals surface area (Å²) in [5.74, 6) is 0.0718. The number of carbonyl (C=O) groups is 2. The molecule has 1 aromatic heterocycles. The number of Topliss-reactive ketones (excluding diaryl/α,β-unsaturated/α-hetero) is 1. The number of aryl methyl sites for hydroxylation is 1. The van der Waals surface area contributed by atoms with Gasteiger partial charge in [0.05, 0.1) is 5.52 Å². The molecule has 3 aromatic rings. The molecule has 138 valence electrons. The van der Waals surface area contributed by atoms with Crippen LogP contribution in [0.5, 0.6) is 0 Å². The molecule has 4 rings (SSSR count). The monoisotopic (exact) mass is 424 g/mol. The predicted octanol–water partition coefficient (Wildman–Crippen LogP) is 4.79. The summed E-state index contributed by atoms with van der Waals surface area (Å²) in [6.07, 6.45) is 1.33. The number of fused-ring (bicyclic) bond motifs is 3. The minimum absolute atomic E-state index is 0.0251. The van der Waals surface area contributed by atoms with Crippen LogP contribution in [0.4, 0.5) is 0 Å². The molecule has 1 aliphatic rings. The van der Waals surface area contributed by atoms with Crippen molar-refractivity contribution in [3.63, 3.8) is 0 Å². The number of carbonyl (C=O) groups excluding carboxylic acids is 2. The Bertz CT molecular complexity index is 1020. The van der Waals surface area contributed by atoms with Gasteiger partial charge in [-0.2, -0.15) is 0 Å². The fourth-order valence-corrected chi connectivity index (χ4v) is 4.14. The van der Waals surface area contributed by atoms with Gasteiger partial charge >= 0.3 is 0 Å². The van der Waals surface area contributed by atoms with Gasteiger partial charge in [-0.15, -0.1) is 0 Å². The number of amides is 1. The highest BCUT2D eigenvalue weighted by Crippen LogP contribution is 2.32. The van der Waals surface area contributed by atoms with Crippen LogP contribution in [0.25, 0.3) is 10.9 Å². The second kappa shape index (κ2) is 7.31. The summed E-state index contributed by atoms with van der Waals surface area (Å²) >= 11 is 3.59. The predicted molar refractivity (Wildman–Crippen MR) is 110 cm³/mol. The number of hydrogen-bond donors (Lipinski definition) is 1. The fourth-order valence-electron chi connectivity index (χ4n) is 3.68. The molecule has 1 N–H and O–H groups in total. The molecule has 1 amide bonds. The SMILES string of the molecule is Cc1ccc(C(=O)CCC(=O)N2CCc3[nH]c4c(Br)cccc4c3C2)cc1. The lowest BCUT2D eigenvalue weighted by atomic mass is 10.0. The van der Waals surface area contributed by atoms with Crippen LogP contribution in [-0.2, 0) is 17.8 Å². The van der Waals surface area contributed by atoms with E-state index < -0.39 is 0 Å². The van der Waals surface area contributed by atoms with Gasteiger partial charge in [-0.1, -0.05) is 42.0 Å². The van der Waals surface area contributed by atoms with Gasteiger partial charge in [0.25, 0.3) is 0 Å². The number of aromatic nitrogens is 1. The molecule has 0 saturated heterocycles. The largest absolute Gasteiger partial charge is 0.357 e. The third kappa shape index (κ3) is 3.56. The van der Waals surface area contributed by atoms with Gasteiger partial charge in [-0.05, 0) is 28.9 Å². The van der Waals surface area contributed by atoms with E-state index in [-0.39, 0.29) is 24.5 Å². The van der Waals surface area contributed by atoms with Crippen LogP contribution in [0.3, 0.4) is 0 Å². The molecule has 4 nitrogen and oxygen atoms in total. The maximum Gasteiger partial charge on any atom is 0.223 e. The molecule has 0 radical (unpaired) electrons. The summed E-state index contributed by atoms with van der Waals surface area (Å²) in [5.41, 5.74) is 5.28. The molecular weight excluding hydrogens is 404 g/mol. The third-order valence-electron chi connectivity index (χ3n) is 5.25. The first-order chi connectivity index (χ1) is 13.0. The van der Waals surface area contributed by atoms with Gasteiger partial charge in [-0.25, -0.2) is 0 Å². The Morgan fingerprint density at radius 2 is 1.89 bits per heavy atom. The Hall–Kier alpha value is -2.40. The first kappa shape index (κ1) is 18.0. The lowest BCUT2D eigenvalue weighted by Crippen LogP contribution is -2.35. The van der Waals surface area contributed by atoms with E-state index in [0.29, 0.717) is 18.7 Å². The summed E-state index contributed by atoms with van der Waals surface area (Å²) < 4.78 is 1.04. The molecular formula is C22H21BrN2O2. The number of H-pyrrole nitrogens is 1. The third-order valence-corrected chi connectivity index (χ3v) is 5.91. The van der Waals surface area contributed by atoms with Crippen LogP contribution in [0.2, 0.25) is 0 Å². The quantitative estimate of drug-likeness (QED) is 0.612. The lowest BCUT2D eigenvalue weighted by molar-refractivity contribution is -0.132. The second-order valence-electron chi connectivity index (χ2n) is 7.10. The molecule has 0 saturated carbocycles. The van der Waals surface area contributed by atoms with E-state index in [4.69, 9.17) is 0 Å². The van der Waals surface area contributed by atoms with E-state index in [9.17, 15) is 9.59 Å². The van der Waals surface area contributed by atoms with Crippen molar-refractivity contribution in [2.75, 3.05) is 6.54 Å². The molecule has 2 heterocycles. The molecule has 0 unspecified atom stereocenters. The number of ketones is 1. The number of rotatable bonds is 4. The maximum absolute atomic E-state index is 12.7. The van der Waals surface area contributed by atoms with Crippen molar-refractivity contribution in [2.45, 2.75) is 32.7 Å². The van der Waals surface area contributed by atoms with Gasteiger partial charge in [0.1, 0.15) is 0 Å². The number of nitrogens with one attached hydrogen (secondary N) is 1. The van der Waals surface area contributed by atoms with Crippen LogP contribution < -0.4 is 0 Å². The molecule has 0 fully saturated rings. The number of nitrogens with zero attached hydrogens (tertiary/aromatic N) is 1. The topological polar surface area (TPSA) is 53.2 Å². The Kier molecular flexibility index (Phi) is 4.87. The zero-order valence-electron chi connectivity index (χ0n) is 15.2. The van der Waals surface area contributed by atoms with E-state index in [1.54, 1.807) is 0 Å². The molecule has 0 atom stereocenters. The van der Waals surface area contributed by atoms with Crippen molar-refractivity contribution in [1.29, 1.82) is 0 Å². The molecule has 27 heavy (non-hydrogen) atoms. The molecule has 5 heteroatoms. The molecule has 0 aliphatic carbocycles. The van der Waals surface area contributed by atoms with Crippen molar-refractivity contribution < 1.29 is 9.59 Å². The summed E-state index contributed by atoms with van der Waals surface area (Å²) in [5, 5.41) is 1.16. The maximum atomic E-state index is 12.7. The van der Waals surface area contributed by atoms with E-state index in [1.807, 2.05) is 48.2 Å². The summed E-state index contributed by atoms with van der Waals surface area (Å²) in [4.78, 5) is 30.4. The molecule has 1 aliphatic heterocycles. The smallest absolute Gasteiger partial charge is 0.223 e. The summed E-state index contributed by atoms with van der Waals surface area (Å²) in [7, 11) is 0. The first-order valence-electron chi connectivity index (χ1n) is 9.18. The van der Waals surface area contributed by atoms with Crippen LogP contribution in [0.1, 0.15) is 40.0 Å². The summed E-state index contributed by atoms with van der Waals surface area (Å²) in [6, 6.07) is 13.6. The van der Waals surface area contributed by atoms with Crippen molar-refractivity contribution >= 4 is 38.5 Å². The van der Waals surface area contributed by atoms with Crippen LogP contribution in [-0.4, -0.2) is 28.1 Å². The highest BCUT2D eigenvalue weighted by Gasteiger charge is 2.24. The number of para-hydroxylation sites is 1. The Balaban J connectivity index is 1.43. The fraction of sp³-hybridized carbons (Fsp3) is 0.273. The van der Waals surface area contributed by atoms with Crippen molar-refractivity contribution in [3.8, 4) is 0 Å². The van der Waals surface area contributed by atoms with E-state index in [1.165, 1.54) is 11.3 Å². The number of halogens is 1. The average Bonchev–Trinajstić information content (AvgIpc) is 3.06. The Labute approximate surface area is 166 Å². The van der Waals surface area contributed by atoms with Crippen LogP contribution in [0.15, 0.2) is 46.9 Å². The first-order valence-corrected chi connectivity index (χ1v) is 9.98. The highest BCUT2D eigenvalue weighted by atomic mass is 79.9. The van der Waals surface area contributed by atoms with E-state index in [2.05, 4.69) is 27.0 Å². The van der Waals surface area contributed by atoms with Gasteiger partial charge in [0.15, 0.2) is 5.78 Å². The average molecular weight is 425 g/mol. The zero-order chi connectivity index (χ0) is 19.0. The van der Waals surface area contributed by atoms with Crippen molar-refractivity contribution in [1.82, 2.24) is 9.88 Å². The van der Waals surface area contributed by atoms with Gasteiger partial charge in [-0.3, -0.25) is 9.59 Å². The second-order valence-corrected chi connectivity index (χ2v) is 7.95. The van der Waals surface area contributed by atoms with Crippen LogP contribution >= 0.6 is 15.9 Å². The Morgan fingerprint density at radius 1 is 1.11 bits per heavy atom. The zero-order valence-corrected chi connectivity index (χ0v) is 16.8. The number of hydrogen-bond acceptors (Lipinski definition) is 2. The van der Waals surface area contributed by atoms with Gasteiger partial charge in [0.2, 0.25) is 5.91 Å². The molecule has 0 spiro atoms. The van der Waals surface area contributed by atoms with Crippen molar-refractivity contribution in [2.24, 2.45) is 0 Å². The van der Waals surface area contributed by atoms with Gasteiger partial charge in [0, 0.05) is 59.0 Å². The van der Waals surface area contributed by atoms with E-state index in [0.717, 1.165) is 27.4 Å². The number of aromatic amines is 1. The Morgan fingerprint density at radius 3 is 2.67 bits per heavy atom. The van der Waals surface area contributed by atoms with Gasteiger partial charge < -0.3 is 9.88 Å². The molecule has 0 bridgehead atoms. The molecule has 2 aromatic carbocycles. The van der Waals surface area contributed by atoms with Crippen molar-refractivity contribution in [3.05, 3.63) is 69.3 Å². The highest BCUT2D eigenvalue weighted by molar-refractivity contribution is 9.10. The lowest BCUT2D eigenvalue weighted by Gasteiger charge is -2.27.